The number of hydrogen-bond donors (Lipinski definition) is 3. The molecule has 1 aliphatic heterocycles. The maximum Gasteiger partial charge on any atom is 0.321 e. The molecule has 5 rings (SSSR count). The Labute approximate surface area is 146 Å². The molecule has 124 valence electrons. The van der Waals surface area contributed by atoms with Gasteiger partial charge in [-0.15, -0.1) is 0 Å². The number of aromatic nitrogens is 3. The highest BCUT2D eigenvalue weighted by Crippen LogP contribution is 2.37. The van der Waals surface area contributed by atoms with E-state index in [1.54, 1.807) is 0 Å². The van der Waals surface area contributed by atoms with Gasteiger partial charge in [0.2, 0.25) is 0 Å². The third kappa shape index (κ3) is 2.16. The normalized spacial score (nSPS) is 20.0. The van der Waals surface area contributed by atoms with E-state index < -0.39 is 12.0 Å². The number of hydrogen-bond acceptors (Lipinski definition) is 5. The SMILES string of the molecule is O=C(O)[C@H]1Cc2c([nH]c3ccccc23)[C@@H](c2cccc3nsnc23)N1. The predicted octanol–water partition coefficient (Wildman–Crippen LogP) is 2.86. The lowest BCUT2D eigenvalue weighted by Gasteiger charge is -2.29. The molecule has 7 heteroatoms. The van der Waals surface area contributed by atoms with E-state index in [0.29, 0.717) is 6.42 Å². The molecule has 3 N–H and O–H groups in total. The molecule has 3 heterocycles. The monoisotopic (exact) mass is 350 g/mol. The molecule has 1 aliphatic rings. The number of para-hydroxylation sites is 1. The summed E-state index contributed by atoms with van der Waals surface area (Å²) in [5, 5.41) is 14.0. The minimum atomic E-state index is -0.843. The highest BCUT2D eigenvalue weighted by Gasteiger charge is 2.34. The van der Waals surface area contributed by atoms with Crippen LogP contribution in [0.5, 0.6) is 0 Å². The zero-order valence-corrected chi connectivity index (χ0v) is 13.9. The van der Waals surface area contributed by atoms with E-state index in [-0.39, 0.29) is 6.04 Å². The third-order valence-electron chi connectivity index (χ3n) is 4.84. The standard InChI is InChI=1S/C18H14N4O2S/c23-18(24)14-8-11-9-4-1-2-6-12(9)19-17(11)16(20-14)10-5-3-7-13-15(10)22-25-21-13/h1-7,14,16,19-20H,8H2,(H,23,24)/t14-,16-/m1/s1. The van der Waals surface area contributed by atoms with Crippen molar-refractivity contribution in [2.45, 2.75) is 18.5 Å². The number of aromatic amines is 1. The van der Waals surface area contributed by atoms with Crippen LogP contribution in [0, 0.1) is 0 Å². The summed E-state index contributed by atoms with van der Waals surface area (Å²) in [7, 11) is 0. The molecule has 0 aliphatic carbocycles. The molecule has 0 saturated heterocycles. The summed E-state index contributed by atoms with van der Waals surface area (Å²) >= 11 is 1.17. The Bertz CT molecular complexity index is 1120. The first kappa shape index (κ1) is 14.6. The van der Waals surface area contributed by atoms with Crippen LogP contribution in [-0.2, 0) is 11.2 Å². The number of fused-ring (bicyclic) bond motifs is 4. The van der Waals surface area contributed by atoms with Crippen molar-refractivity contribution in [2.75, 3.05) is 0 Å². The fraction of sp³-hybridized carbons (Fsp3) is 0.167. The van der Waals surface area contributed by atoms with Crippen LogP contribution >= 0.6 is 11.7 Å². The average molecular weight is 350 g/mol. The fourth-order valence-corrected chi connectivity index (χ4v) is 4.26. The molecular weight excluding hydrogens is 336 g/mol. The van der Waals surface area contributed by atoms with Crippen LogP contribution in [0.25, 0.3) is 21.9 Å². The van der Waals surface area contributed by atoms with Gasteiger partial charge in [0, 0.05) is 28.6 Å². The second-order valence-electron chi connectivity index (χ2n) is 6.24. The second-order valence-corrected chi connectivity index (χ2v) is 6.77. The molecule has 0 radical (unpaired) electrons. The number of aliphatic carboxylic acids is 1. The van der Waals surface area contributed by atoms with E-state index in [2.05, 4.69) is 19.0 Å². The summed E-state index contributed by atoms with van der Waals surface area (Å²) in [5.41, 5.74) is 5.70. The van der Waals surface area contributed by atoms with E-state index in [4.69, 9.17) is 0 Å². The minimum Gasteiger partial charge on any atom is -0.480 e. The van der Waals surface area contributed by atoms with Crippen molar-refractivity contribution >= 4 is 39.6 Å². The van der Waals surface area contributed by atoms with Crippen molar-refractivity contribution in [3.05, 3.63) is 59.3 Å². The number of carboxylic acids is 1. The van der Waals surface area contributed by atoms with Gasteiger partial charge in [-0.05, 0) is 17.7 Å². The highest BCUT2D eigenvalue weighted by molar-refractivity contribution is 7.00. The van der Waals surface area contributed by atoms with E-state index in [1.165, 1.54) is 11.7 Å². The molecule has 0 fully saturated rings. The van der Waals surface area contributed by atoms with E-state index in [1.807, 2.05) is 42.5 Å². The fourth-order valence-electron chi connectivity index (χ4n) is 3.70. The Balaban J connectivity index is 1.77. The summed E-state index contributed by atoms with van der Waals surface area (Å²) < 4.78 is 8.72. The van der Waals surface area contributed by atoms with Gasteiger partial charge in [-0.2, -0.15) is 8.75 Å². The van der Waals surface area contributed by atoms with Crippen LogP contribution in [0.2, 0.25) is 0 Å². The van der Waals surface area contributed by atoms with Crippen LogP contribution < -0.4 is 5.32 Å². The quantitative estimate of drug-likeness (QED) is 0.517. The van der Waals surface area contributed by atoms with Crippen molar-refractivity contribution < 1.29 is 9.90 Å². The predicted molar refractivity (Wildman–Crippen MR) is 95.8 cm³/mol. The lowest BCUT2D eigenvalue weighted by molar-refractivity contribution is -0.139. The van der Waals surface area contributed by atoms with Crippen LogP contribution in [0.1, 0.15) is 22.9 Å². The zero-order chi connectivity index (χ0) is 17.0. The van der Waals surface area contributed by atoms with E-state index >= 15 is 0 Å². The highest BCUT2D eigenvalue weighted by atomic mass is 32.1. The third-order valence-corrected chi connectivity index (χ3v) is 5.38. The van der Waals surface area contributed by atoms with Gasteiger partial charge in [0.1, 0.15) is 17.1 Å². The first-order chi connectivity index (χ1) is 12.2. The molecule has 0 unspecified atom stereocenters. The Morgan fingerprint density at radius 2 is 2.04 bits per heavy atom. The van der Waals surface area contributed by atoms with Crippen molar-refractivity contribution in [3.8, 4) is 0 Å². The van der Waals surface area contributed by atoms with Crippen LogP contribution in [0.15, 0.2) is 42.5 Å². The Kier molecular flexibility index (Phi) is 3.13. The smallest absolute Gasteiger partial charge is 0.321 e. The lowest BCUT2D eigenvalue weighted by atomic mass is 9.90. The van der Waals surface area contributed by atoms with Crippen molar-refractivity contribution in [1.82, 2.24) is 19.0 Å². The van der Waals surface area contributed by atoms with Gasteiger partial charge in [-0.3, -0.25) is 10.1 Å². The molecule has 0 spiro atoms. The van der Waals surface area contributed by atoms with Gasteiger partial charge in [0.05, 0.1) is 17.8 Å². The lowest BCUT2D eigenvalue weighted by Crippen LogP contribution is -2.45. The largest absolute Gasteiger partial charge is 0.480 e. The van der Waals surface area contributed by atoms with Gasteiger partial charge in [0.25, 0.3) is 0 Å². The van der Waals surface area contributed by atoms with E-state index in [0.717, 1.165) is 38.8 Å². The minimum absolute atomic E-state index is 0.259. The second kappa shape index (κ2) is 5.37. The average Bonchev–Trinajstić information content (AvgIpc) is 3.25. The van der Waals surface area contributed by atoms with Gasteiger partial charge in [0.15, 0.2) is 0 Å². The number of nitrogens with zero attached hydrogens (tertiary/aromatic N) is 2. The number of carbonyl (C=O) groups is 1. The molecule has 0 amide bonds. The van der Waals surface area contributed by atoms with Gasteiger partial charge in [-0.25, -0.2) is 0 Å². The number of benzene rings is 2. The molecule has 0 saturated carbocycles. The number of nitrogens with one attached hydrogen (secondary N) is 2. The Morgan fingerprint density at radius 1 is 1.16 bits per heavy atom. The van der Waals surface area contributed by atoms with Crippen molar-refractivity contribution in [3.63, 3.8) is 0 Å². The molecule has 4 aromatic rings. The number of rotatable bonds is 2. The number of carboxylic acid groups (broad SMARTS) is 1. The van der Waals surface area contributed by atoms with Crippen LogP contribution in [0.3, 0.4) is 0 Å². The van der Waals surface area contributed by atoms with Crippen LogP contribution in [-0.4, -0.2) is 30.8 Å². The maximum atomic E-state index is 11.7. The molecule has 6 nitrogen and oxygen atoms in total. The summed E-state index contributed by atoms with van der Waals surface area (Å²) in [6.07, 6.45) is 0.455. The number of H-pyrrole nitrogens is 1. The van der Waals surface area contributed by atoms with Gasteiger partial charge >= 0.3 is 5.97 Å². The molecule has 25 heavy (non-hydrogen) atoms. The summed E-state index contributed by atoms with van der Waals surface area (Å²) in [6.45, 7) is 0. The van der Waals surface area contributed by atoms with Crippen LogP contribution in [0.4, 0.5) is 0 Å². The Hall–Kier alpha value is -2.77. The topological polar surface area (TPSA) is 90.9 Å². The van der Waals surface area contributed by atoms with Crippen molar-refractivity contribution in [1.29, 1.82) is 0 Å². The molecule has 2 atom stereocenters. The maximum absolute atomic E-state index is 11.7. The zero-order valence-electron chi connectivity index (χ0n) is 13.1. The first-order valence-corrected chi connectivity index (χ1v) is 8.75. The van der Waals surface area contributed by atoms with Crippen molar-refractivity contribution in [2.24, 2.45) is 0 Å². The van der Waals surface area contributed by atoms with Gasteiger partial charge < -0.3 is 10.1 Å². The van der Waals surface area contributed by atoms with E-state index in [9.17, 15) is 9.90 Å². The summed E-state index contributed by atoms with van der Waals surface area (Å²) in [6, 6.07) is 13.0. The first-order valence-electron chi connectivity index (χ1n) is 8.02. The summed E-state index contributed by atoms with van der Waals surface area (Å²) in [5.74, 6) is -0.843. The molecule has 0 bridgehead atoms. The Morgan fingerprint density at radius 3 is 2.92 bits per heavy atom. The summed E-state index contributed by atoms with van der Waals surface area (Å²) in [4.78, 5) is 15.2. The molecule has 2 aromatic carbocycles. The molecular formula is C18H14N4O2S. The van der Waals surface area contributed by atoms with Gasteiger partial charge in [-0.1, -0.05) is 30.3 Å². The molecule has 2 aromatic heterocycles.